The number of hydrogen-bond donors (Lipinski definition) is 1. The van der Waals surface area contributed by atoms with Crippen molar-refractivity contribution in [3.05, 3.63) is 64.2 Å². The van der Waals surface area contributed by atoms with Crippen molar-refractivity contribution in [3.63, 3.8) is 0 Å². The van der Waals surface area contributed by atoms with Gasteiger partial charge in [0, 0.05) is 32.2 Å². The van der Waals surface area contributed by atoms with Crippen molar-refractivity contribution in [2.45, 2.75) is 57.8 Å². The second kappa shape index (κ2) is 10.6. The highest BCUT2D eigenvalue weighted by molar-refractivity contribution is 7.89. The van der Waals surface area contributed by atoms with Crippen molar-refractivity contribution in [2.24, 2.45) is 0 Å². The van der Waals surface area contributed by atoms with E-state index in [0.29, 0.717) is 12.6 Å². The number of rotatable bonds is 9. The van der Waals surface area contributed by atoms with E-state index in [1.54, 1.807) is 13.8 Å². The maximum absolute atomic E-state index is 12.8. The number of nitrogens with zero attached hydrogens (tertiary/aromatic N) is 2. The third-order valence-corrected chi connectivity index (χ3v) is 7.80. The summed E-state index contributed by atoms with van der Waals surface area (Å²) in [5, 5.41) is 3.08. The second-order valence-electron chi connectivity index (χ2n) is 8.22. The first-order valence-corrected chi connectivity index (χ1v) is 12.1. The minimum Gasteiger partial charge on any atom is -0.348 e. The lowest BCUT2D eigenvalue weighted by Gasteiger charge is -2.23. The first kappa shape index (κ1) is 25.3. The van der Waals surface area contributed by atoms with Crippen LogP contribution in [0.2, 0.25) is 5.02 Å². The molecule has 2 aromatic carbocycles. The second-order valence-corrected chi connectivity index (χ2v) is 10.6. The zero-order chi connectivity index (χ0) is 23.3. The number of sulfonamides is 1. The molecule has 31 heavy (non-hydrogen) atoms. The van der Waals surface area contributed by atoms with Crippen LogP contribution in [-0.2, 0) is 23.1 Å². The molecule has 0 radical (unpaired) electrons. The Labute approximate surface area is 191 Å². The van der Waals surface area contributed by atoms with Crippen LogP contribution in [0.5, 0.6) is 0 Å². The molecule has 6 nitrogen and oxygen atoms in total. The molecule has 1 N–H and O–H groups in total. The van der Waals surface area contributed by atoms with Crippen LogP contribution in [0.4, 0.5) is 0 Å². The molecule has 0 aliphatic heterocycles. The Morgan fingerprint density at radius 1 is 1.00 bits per heavy atom. The molecule has 0 aliphatic rings. The van der Waals surface area contributed by atoms with Crippen molar-refractivity contribution in [1.29, 1.82) is 0 Å². The number of carbonyl (C=O) groups excluding carboxylic acids is 1. The van der Waals surface area contributed by atoms with Crippen molar-refractivity contribution in [3.8, 4) is 0 Å². The van der Waals surface area contributed by atoms with Crippen LogP contribution in [0.3, 0.4) is 0 Å². The molecule has 1 amide bonds. The van der Waals surface area contributed by atoms with Gasteiger partial charge in [-0.2, -0.15) is 4.31 Å². The standard InChI is InChI=1S/C23H32ClN3O3S/c1-16(2)26(5)15-19-10-8-7-9-18(19)14-25-23(28)21-13-20(11-12-22(21)24)31(29,30)27(6)17(3)4/h7-13,16-17H,14-15H2,1-6H3,(H,25,28). The van der Waals surface area contributed by atoms with Gasteiger partial charge in [-0.3, -0.25) is 9.69 Å². The van der Waals surface area contributed by atoms with Gasteiger partial charge in [-0.1, -0.05) is 35.9 Å². The predicted octanol–water partition coefficient (Wildman–Crippen LogP) is 4.14. The topological polar surface area (TPSA) is 69.7 Å². The summed E-state index contributed by atoms with van der Waals surface area (Å²) in [6, 6.07) is 12.3. The SMILES string of the molecule is CC(C)N(C)Cc1ccccc1CNC(=O)c1cc(S(=O)(=O)N(C)C(C)C)ccc1Cl. The average molecular weight is 466 g/mol. The summed E-state index contributed by atoms with van der Waals surface area (Å²) >= 11 is 6.22. The smallest absolute Gasteiger partial charge is 0.253 e. The highest BCUT2D eigenvalue weighted by Gasteiger charge is 2.25. The predicted molar refractivity (Wildman–Crippen MR) is 126 cm³/mol. The number of amides is 1. The van der Waals surface area contributed by atoms with Crippen LogP contribution in [0.25, 0.3) is 0 Å². The lowest BCUT2D eigenvalue weighted by molar-refractivity contribution is 0.0950. The number of carbonyl (C=O) groups is 1. The molecule has 0 spiro atoms. The molecule has 0 unspecified atom stereocenters. The molecular weight excluding hydrogens is 434 g/mol. The molecule has 0 atom stereocenters. The molecule has 8 heteroatoms. The van der Waals surface area contributed by atoms with E-state index in [1.807, 2.05) is 24.3 Å². The van der Waals surface area contributed by atoms with Crippen LogP contribution in [0.1, 0.15) is 49.2 Å². The van der Waals surface area contributed by atoms with Gasteiger partial charge in [-0.15, -0.1) is 0 Å². The van der Waals surface area contributed by atoms with E-state index >= 15 is 0 Å². The normalized spacial score (nSPS) is 12.2. The molecule has 0 aromatic heterocycles. The number of nitrogens with one attached hydrogen (secondary N) is 1. The summed E-state index contributed by atoms with van der Waals surface area (Å²) in [6.07, 6.45) is 0. The molecule has 0 fully saturated rings. The van der Waals surface area contributed by atoms with Gasteiger partial charge in [0.25, 0.3) is 5.91 Å². The van der Waals surface area contributed by atoms with Gasteiger partial charge in [0.15, 0.2) is 0 Å². The van der Waals surface area contributed by atoms with Crippen LogP contribution in [-0.4, -0.2) is 49.7 Å². The summed E-state index contributed by atoms with van der Waals surface area (Å²) in [7, 11) is -0.149. The van der Waals surface area contributed by atoms with E-state index in [4.69, 9.17) is 11.6 Å². The van der Waals surface area contributed by atoms with E-state index in [2.05, 4.69) is 31.1 Å². The van der Waals surface area contributed by atoms with Gasteiger partial charge < -0.3 is 5.32 Å². The minimum atomic E-state index is -3.72. The van der Waals surface area contributed by atoms with Gasteiger partial charge in [0.1, 0.15) is 0 Å². The third kappa shape index (κ3) is 6.29. The Morgan fingerprint density at radius 3 is 2.19 bits per heavy atom. The summed E-state index contributed by atoms with van der Waals surface area (Å²) in [6.45, 7) is 8.92. The largest absolute Gasteiger partial charge is 0.348 e. The number of benzene rings is 2. The molecular formula is C23H32ClN3O3S. The van der Waals surface area contributed by atoms with Gasteiger partial charge >= 0.3 is 0 Å². The number of hydrogen-bond acceptors (Lipinski definition) is 4. The van der Waals surface area contributed by atoms with Crippen LogP contribution < -0.4 is 5.32 Å². The van der Waals surface area contributed by atoms with Gasteiger partial charge in [0.05, 0.1) is 15.5 Å². The zero-order valence-electron chi connectivity index (χ0n) is 19.0. The molecule has 0 saturated heterocycles. The van der Waals surface area contributed by atoms with E-state index in [1.165, 1.54) is 29.6 Å². The molecule has 0 saturated carbocycles. The molecule has 170 valence electrons. The van der Waals surface area contributed by atoms with Crippen molar-refractivity contribution < 1.29 is 13.2 Å². The fraction of sp³-hybridized carbons (Fsp3) is 0.435. The third-order valence-electron chi connectivity index (χ3n) is 5.45. The van der Waals surface area contributed by atoms with Crippen LogP contribution in [0.15, 0.2) is 47.4 Å². The minimum absolute atomic E-state index is 0.0391. The van der Waals surface area contributed by atoms with Crippen molar-refractivity contribution in [2.75, 3.05) is 14.1 Å². The fourth-order valence-electron chi connectivity index (χ4n) is 2.89. The van der Waals surface area contributed by atoms with E-state index in [0.717, 1.165) is 17.7 Å². The first-order chi connectivity index (χ1) is 14.4. The first-order valence-electron chi connectivity index (χ1n) is 10.3. The van der Waals surface area contributed by atoms with E-state index in [9.17, 15) is 13.2 Å². The Kier molecular flexibility index (Phi) is 8.65. The van der Waals surface area contributed by atoms with Gasteiger partial charge in [-0.05, 0) is 64.1 Å². The molecule has 0 aliphatic carbocycles. The van der Waals surface area contributed by atoms with Crippen LogP contribution >= 0.6 is 11.6 Å². The van der Waals surface area contributed by atoms with Gasteiger partial charge in [-0.25, -0.2) is 8.42 Å². The van der Waals surface area contributed by atoms with Crippen LogP contribution in [0, 0.1) is 0 Å². The average Bonchev–Trinajstić information content (AvgIpc) is 2.72. The Balaban J connectivity index is 2.23. The molecule has 2 aromatic rings. The van der Waals surface area contributed by atoms with E-state index in [-0.39, 0.29) is 21.5 Å². The molecule has 0 bridgehead atoms. The molecule has 0 heterocycles. The van der Waals surface area contributed by atoms with Crippen molar-refractivity contribution >= 4 is 27.5 Å². The van der Waals surface area contributed by atoms with Gasteiger partial charge in [0.2, 0.25) is 10.0 Å². The maximum atomic E-state index is 12.8. The van der Waals surface area contributed by atoms with E-state index < -0.39 is 15.9 Å². The maximum Gasteiger partial charge on any atom is 0.253 e. The highest BCUT2D eigenvalue weighted by atomic mass is 35.5. The Bertz CT molecular complexity index is 1020. The summed E-state index contributed by atoms with van der Waals surface area (Å²) < 4.78 is 26.8. The highest BCUT2D eigenvalue weighted by Crippen LogP contribution is 2.24. The summed E-state index contributed by atoms with van der Waals surface area (Å²) in [5.41, 5.74) is 2.26. The monoisotopic (exact) mass is 465 g/mol. The van der Waals surface area contributed by atoms with Crippen molar-refractivity contribution in [1.82, 2.24) is 14.5 Å². The Hall–Kier alpha value is -1.93. The Morgan fingerprint density at radius 2 is 1.61 bits per heavy atom. The quantitative estimate of drug-likeness (QED) is 0.604. The number of halogens is 1. The summed E-state index contributed by atoms with van der Waals surface area (Å²) in [5.74, 6) is -0.415. The molecule has 2 rings (SSSR count). The zero-order valence-corrected chi connectivity index (χ0v) is 20.6. The fourth-order valence-corrected chi connectivity index (χ4v) is 4.49. The lowest BCUT2D eigenvalue weighted by Crippen LogP contribution is -2.33. The lowest BCUT2D eigenvalue weighted by atomic mass is 10.1. The summed E-state index contributed by atoms with van der Waals surface area (Å²) in [4.78, 5) is 15.1.